The minimum absolute atomic E-state index is 0.0250. The van der Waals surface area contributed by atoms with Crippen molar-refractivity contribution < 1.29 is 14.2 Å². The summed E-state index contributed by atoms with van der Waals surface area (Å²) >= 11 is 1.70. The Hall–Kier alpha value is -2.44. The molecule has 2 aromatic carbocycles. The van der Waals surface area contributed by atoms with Gasteiger partial charge in [-0.1, -0.05) is 19.1 Å². The van der Waals surface area contributed by atoms with Crippen molar-refractivity contribution in [1.29, 1.82) is 0 Å². The van der Waals surface area contributed by atoms with Gasteiger partial charge < -0.3 is 24.8 Å². The zero-order chi connectivity index (χ0) is 20.9. The summed E-state index contributed by atoms with van der Waals surface area (Å²) < 4.78 is 18.0. The second kappa shape index (κ2) is 9.58. The van der Waals surface area contributed by atoms with E-state index >= 15 is 0 Å². The highest BCUT2D eigenvalue weighted by Crippen LogP contribution is 2.40. The maximum atomic E-state index is 5.81. The van der Waals surface area contributed by atoms with Crippen LogP contribution in [0.2, 0.25) is 0 Å². The van der Waals surface area contributed by atoms with Gasteiger partial charge in [-0.2, -0.15) is 0 Å². The number of benzene rings is 2. The molecule has 0 bridgehead atoms. The van der Waals surface area contributed by atoms with Crippen molar-refractivity contribution in [3.05, 3.63) is 47.8 Å². The monoisotopic (exact) mass is 426 g/mol. The molecule has 1 saturated heterocycles. The lowest BCUT2D eigenvalue weighted by Gasteiger charge is -2.32. The maximum absolute atomic E-state index is 5.81. The molecule has 0 aliphatic carbocycles. The summed E-state index contributed by atoms with van der Waals surface area (Å²) in [5, 5.41) is 3.18. The van der Waals surface area contributed by atoms with Crippen LogP contribution in [-0.4, -0.2) is 39.5 Å². The van der Waals surface area contributed by atoms with Gasteiger partial charge in [0.15, 0.2) is 11.5 Å². The number of nitrogens with zero attached hydrogens (tertiary/aromatic N) is 1. The standard InChI is InChI=1S/C13H19NO.C11H11NO2S/c1-11-7-9-14(10-8-11)12-5-3-4-6-13(12)15-2;12-5-7-6-13-9-1-2-10-8(3-4-15-10)11(9)14-7/h3-6,11H,7-10H2,1-2H3;1-4,7H,5-6,12H2. The molecule has 2 aliphatic rings. The fraction of sp³-hybridized carbons (Fsp3) is 0.417. The van der Waals surface area contributed by atoms with Crippen molar-refractivity contribution in [3.63, 3.8) is 0 Å². The van der Waals surface area contributed by atoms with E-state index in [1.807, 2.05) is 18.2 Å². The van der Waals surface area contributed by atoms with Crippen LogP contribution in [0.1, 0.15) is 19.8 Å². The molecule has 2 aliphatic heterocycles. The van der Waals surface area contributed by atoms with Crippen LogP contribution in [0.3, 0.4) is 0 Å². The Morgan fingerprint density at radius 1 is 1.13 bits per heavy atom. The Kier molecular flexibility index (Phi) is 6.65. The van der Waals surface area contributed by atoms with Crippen LogP contribution in [0.5, 0.6) is 17.2 Å². The largest absolute Gasteiger partial charge is 0.495 e. The average molecular weight is 427 g/mol. The number of fused-ring (bicyclic) bond motifs is 3. The lowest BCUT2D eigenvalue weighted by Crippen LogP contribution is -2.35. The smallest absolute Gasteiger partial charge is 0.170 e. The van der Waals surface area contributed by atoms with E-state index in [4.69, 9.17) is 19.9 Å². The first kappa shape index (κ1) is 20.8. The minimum atomic E-state index is -0.0250. The van der Waals surface area contributed by atoms with Gasteiger partial charge in [0.05, 0.1) is 12.8 Å². The lowest BCUT2D eigenvalue weighted by molar-refractivity contribution is 0.0990. The molecule has 1 fully saturated rings. The van der Waals surface area contributed by atoms with E-state index in [9.17, 15) is 0 Å². The van der Waals surface area contributed by atoms with E-state index in [2.05, 4.69) is 41.5 Å². The van der Waals surface area contributed by atoms with Gasteiger partial charge in [0.25, 0.3) is 0 Å². The Labute approximate surface area is 182 Å². The number of methoxy groups -OCH3 is 1. The predicted octanol–water partition coefficient (Wildman–Crippen LogP) is 4.93. The lowest BCUT2D eigenvalue weighted by atomic mass is 9.99. The number of hydrogen-bond donors (Lipinski definition) is 1. The molecule has 3 aromatic rings. The number of para-hydroxylation sites is 2. The first-order valence-corrected chi connectivity index (χ1v) is 11.4. The van der Waals surface area contributed by atoms with E-state index in [0.29, 0.717) is 13.2 Å². The molecule has 5 nitrogen and oxygen atoms in total. The fourth-order valence-corrected chi connectivity index (χ4v) is 4.66. The third kappa shape index (κ3) is 4.50. The molecule has 0 saturated carbocycles. The van der Waals surface area contributed by atoms with Gasteiger partial charge in [-0.15, -0.1) is 11.3 Å². The molecule has 1 aromatic heterocycles. The van der Waals surface area contributed by atoms with Gasteiger partial charge in [-0.25, -0.2) is 0 Å². The van der Waals surface area contributed by atoms with Crippen molar-refractivity contribution in [2.45, 2.75) is 25.9 Å². The normalized spacial score (nSPS) is 18.6. The number of ether oxygens (including phenoxy) is 3. The summed E-state index contributed by atoms with van der Waals surface area (Å²) in [4.78, 5) is 2.43. The van der Waals surface area contributed by atoms with E-state index in [1.54, 1.807) is 18.4 Å². The SMILES string of the molecule is COc1ccccc1N1CCC(C)CC1.NCC1COc2ccc3sccc3c2O1. The number of nitrogens with two attached hydrogens (primary N) is 1. The highest BCUT2D eigenvalue weighted by Gasteiger charge is 2.22. The fourth-order valence-electron chi connectivity index (χ4n) is 3.87. The topological polar surface area (TPSA) is 57.0 Å². The summed E-state index contributed by atoms with van der Waals surface area (Å²) in [6, 6.07) is 14.4. The van der Waals surface area contributed by atoms with Crippen molar-refractivity contribution in [1.82, 2.24) is 0 Å². The molecule has 1 atom stereocenters. The van der Waals surface area contributed by atoms with Crippen molar-refractivity contribution in [2.75, 3.05) is 38.3 Å². The number of anilines is 1. The Bertz CT molecular complexity index is 966. The van der Waals surface area contributed by atoms with Gasteiger partial charge >= 0.3 is 0 Å². The molecule has 0 amide bonds. The molecule has 6 heteroatoms. The highest BCUT2D eigenvalue weighted by atomic mass is 32.1. The molecule has 3 heterocycles. The van der Waals surface area contributed by atoms with Crippen LogP contribution in [0.25, 0.3) is 10.1 Å². The van der Waals surface area contributed by atoms with Gasteiger partial charge in [0, 0.05) is 29.7 Å². The Balaban J connectivity index is 0.000000145. The van der Waals surface area contributed by atoms with Crippen molar-refractivity contribution in [2.24, 2.45) is 11.7 Å². The Morgan fingerprint density at radius 3 is 2.70 bits per heavy atom. The number of thiophene rings is 1. The second-order valence-corrected chi connectivity index (χ2v) is 8.80. The van der Waals surface area contributed by atoms with Gasteiger partial charge in [0.1, 0.15) is 18.5 Å². The maximum Gasteiger partial charge on any atom is 0.170 e. The zero-order valence-corrected chi connectivity index (χ0v) is 18.5. The molecule has 30 heavy (non-hydrogen) atoms. The van der Waals surface area contributed by atoms with E-state index in [-0.39, 0.29) is 6.10 Å². The summed E-state index contributed by atoms with van der Waals surface area (Å²) in [6.45, 7) is 5.67. The molecule has 2 N–H and O–H groups in total. The van der Waals surface area contributed by atoms with Crippen LogP contribution in [0.15, 0.2) is 47.8 Å². The van der Waals surface area contributed by atoms with Crippen molar-refractivity contribution >= 4 is 27.1 Å². The Morgan fingerprint density at radius 2 is 1.93 bits per heavy atom. The summed E-state index contributed by atoms with van der Waals surface area (Å²) in [5.41, 5.74) is 6.82. The zero-order valence-electron chi connectivity index (χ0n) is 17.7. The minimum Gasteiger partial charge on any atom is -0.495 e. The summed E-state index contributed by atoms with van der Waals surface area (Å²) in [6.07, 6.45) is 2.55. The predicted molar refractivity (Wildman–Crippen MR) is 124 cm³/mol. The summed E-state index contributed by atoms with van der Waals surface area (Å²) in [5.74, 6) is 3.53. The molecular weight excluding hydrogens is 396 g/mol. The number of hydrogen-bond acceptors (Lipinski definition) is 6. The highest BCUT2D eigenvalue weighted by molar-refractivity contribution is 7.17. The second-order valence-electron chi connectivity index (χ2n) is 7.85. The number of rotatable bonds is 3. The third-order valence-corrected chi connectivity index (χ3v) is 6.61. The van der Waals surface area contributed by atoms with Gasteiger partial charge in [0.2, 0.25) is 0 Å². The van der Waals surface area contributed by atoms with Crippen molar-refractivity contribution in [3.8, 4) is 17.2 Å². The van der Waals surface area contributed by atoms with Crippen LogP contribution >= 0.6 is 11.3 Å². The molecule has 0 radical (unpaired) electrons. The quantitative estimate of drug-likeness (QED) is 0.643. The van der Waals surface area contributed by atoms with Crippen LogP contribution in [-0.2, 0) is 0 Å². The molecule has 160 valence electrons. The molecule has 1 unspecified atom stereocenters. The van der Waals surface area contributed by atoms with Crippen LogP contribution in [0, 0.1) is 5.92 Å². The number of piperidine rings is 1. The first-order valence-electron chi connectivity index (χ1n) is 10.6. The van der Waals surface area contributed by atoms with E-state index in [0.717, 1.165) is 41.6 Å². The van der Waals surface area contributed by atoms with E-state index in [1.165, 1.54) is 23.2 Å². The summed E-state index contributed by atoms with van der Waals surface area (Å²) in [7, 11) is 1.74. The molecule has 0 spiro atoms. The van der Waals surface area contributed by atoms with Gasteiger partial charge in [-0.05, 0) is 54.5 Å². The third-order valence-electron chi connectivity index (χ3n) is 5.73. The van der Waals surface area contributed by atoms with E-state index < -0.39 is 0 Å². The van der Waals surface area contributed by atoms with Crippen LogP contribution in [0.4, 0.5) is 5.69 Å². The van der Waals surface area contributed by atoms with Gasteiger partial charge in [-0.3, -0.25) is 0 Å². The molecule has 5 rings (SSSR count). The first-order chi connectivity index (χ1) is 14.7. The average Bonchev–Trinajstić information content (AvgIpc) is 3.29. The van der Waals surface area contributed by atoms with Crippen LogP contribution < -0.4 is 24.8 Å². The molecular formula is C24H30N2O3S.